The maximum atomic E-state index is 13.8. The topological polar surface area (TPSA) is 78.9 Å². The van der Waals surface area contributed by atoms with Gasteiger partial charge in [-0.2, -0.15) is 0 Å². The molecule has 2 N–H and O–H groups in total. The van der Waals surface area contributed by atoms with Crippen molar-refractivity contribution in [2.24, 2.45) is 0 Å². The van der Waals surface area contributed by atoms with Crippen LogP contribution in [0, 0.1) is 5.82 Å². The maximum absolute atomic E-state index is 13.8. The molecule has 2 aliphatic heterocycles. The van der Waals surface area contributed by atoms with Gasteiger partial charge in [-0.25, -0.2) is 14.0 Å². The van der Waals surface area contributed by atoms with Crippen molar-refractivity contribution >= 4 is 17.7 Å². The molecule has 1 aromatic carbocycles. The highest BCUT2D eigenvalue weighted by Crippen LogP contribution is 2.27. The number of rotatable bonds is 2. The lowest BCUT2D eigenvalue weighted by Crippen LogP contribution is -2.47. The summed E-state index contributed by atoms with van der Waals surface area (Å²) in [5.74, 6) is -2.05. The number of nitrogens with one attached hydrogen (secondary N) is 1. The number of ether oxygens (including phenoxy) is 1. The van der Waals surface area contributed by atoms with Crippen LogP contribution in [0.4, 0.5) is 14.9 Å². The number of carbonyl (C=O) groups is 2. The Kier molecular flexibility index (Phi) is 3.50. The van der Waals surface area contributed by atoms with E-state index in [1.807, 2.05) is 0 Å². The van der Waals surface area contributed by atoms with Crippen molar-refractivity contribution in [2.75, 3.05) is 18.4 Å². The van der Waals surface area contributed by atoms with E-state index in [1.54, 1.807) is 4.90 Å². The van der Waals surface area contributed by atoms with Crippen LogP contribution in [0.25, 0.3) is 0 Å². The van der Waals surface area contributed by atoms with Crippen LogP contribution in [0.5, 0.6) is 0 Å². The molecular formula is C14H15FN2O4. The van der Waals surface area contributed by atoms with Crippen LogP contribution in [0.3, 0.4) is 0 Å². The fraction of sp³-hybridized carbons (Fsp3) is 0.429. The predicted molar refractivity (Wildman–Crippen MR) is 71.8 cm³/mol. The van der Waals surface area contributed by atoms with Gasteiger partial charge in [0.15, 0.2) is 0 Å². The number of likely N-dealkylation sites (tertiary alicyclic amines) is 1. The number of aromatic carboxylic acids is 1. The average Bonchev–Trinajstić information content (AvgIpc) is 2.79. The molecule has 2 unspecified atom stereocenters. The minimum atomic E-state index is -1.29. The van der Waals surface area contributed by atoms with Crippen LogP contribution in [-0.2, 0) is 4.74 Å². The van der Waals surface area contributed by atoms with E-state index in [0.29, 0.717) is 13.1 Å². The fourth-order valence-electron chi connectivity index (χ4n) is 2.80. The van der Waals surface area contributed by atoms with E-state index in [4.69, 9.17) is 9.84 Å². The van der Waals surface area contributed by atoms with E-state index in [0.717, 1.165) is 18.9 Å². The molecule has 0 spiro atoms. The standard InChI is InChI=1S/C14H15FN2O4/c15-11-3-1-2-10(13(18)19)12(11)16-14(20)17-6-8-4-5-9(7-17)21-8/h1-3,8-9H,4-7H2,(H,16,20)(H,18,19). The SMILES string of the molecule is O=C(O)c1cccc(F)c1NC(=O)N1CC2CCC(C1)O2. The lowest BCUT2D eigenvalue weighted by Gasteiger charge is -2.32. The van der Waals surface area contributed by atoms with Gasteiger partial charge in [0.2, 0.25) is 0 Å². The van der Waals surface area contributed by atoms with E-state index in [9.17, 15) is 14.0 Å². The summed E-state index contributed by atoms with van der Waals surface area (Å²) in [6.45, 7) is 0.887. The van der Waals surface area contributed by atoms with Crippen LogP contribution in [-0.4, -0.2) is 47.3 Å². The Hall–Kier alpha value is -2.15. The lowest BCUT2D eigenvalue weighted by atomic mass is 10.1. The normalized spacial score (nSPS) is 24.0. The van der Waals surface area contributed by atoms with Crippen LogP contribution < -0.4 is 5.32 Å². The van der Waals surface area contributed by atoms with E-state index in [-0.39, 0.29) is 23.5 Å². The van der Waals surface area contributed by atoms with Gasteiger partial charge < -0.3 is 20.1 Å². The molecule has 0 radical (unpaired) electrons. The molecule has 2 saturated heterocycles. The zero-order valence-electron chi connectivity index (χ0n) is 11.2. The van der Waals surface area contributed by atoms with Crippen molar-refractivity contribution in [1.29, 1.82) is 0 Å². The number of carboxylic acid groups (broad SMARTS) is 1. The number of morpholine rings is 1. The number of benzene rings is 1. The zero-order chi connectivity index (χ0) is 15.0. The Morgan fingerprint density at radius 1 is 1.29 bits per heavy atom. The van der Waals surface area contributed by atoms with Crippen LogP contribution in [0.2, 0.25) is 0 Å². The van der Waals surface area contributed by atoms with Crippen molar-refractivity contribution in [3.05, 3.63) is 29.6 Å². The van der Waals surface area contributed by atoms with Gasteiger partial charge in [0.1, 0.15) is 5.82 Å². The number of anilines is 1. The number of fused-ring (bicyclic) bond motifs is 2. The third-order valence-electron chi connectivity index (χ3n) is 3.81. The van der Waals surface area contributed by atoms with Gasteiger partial charge in [-0.05, 0) is 25.0 Å². The van der Waals surface area contributed by atoms with Crippen molar-refractivity contribution in [3.8, 4) is 0 Å². The minimum Gasteiger partial charge on any atom is -0.478 e. The first-order chi connectivity index (χ1) is 10.0. The lowest BCUT2D eigenvalue weighted by molar-refractivity contribution is -0.0219. The van der Waals surface area contributed by atoms with Gasteiger partial charge in [-0.1, -0.05) is 6.07 Å². The van der Waals surface area contributed by atoms with Gasteiger partial charge >= 0.3 is 12.0 Å². The van der Waals surface area contributed by atoms with E-state index in [2.05, 4.69) is 5.32 Å². The van der Waals surface area contributed by atoms with Crippen molar-refractivity contribution < 1.29 is 23.8 Å². The molecule has 2 atom stereocenters. The summed E-state index contributed by atoms with van der Waals surface area (Å²) in [4.78, 5) is 24.9. The fourth-order valence-corrected chi connectivity index (χ4v) is 2.80. The Bertz CT molecular complexity index is 580. The number of halogens is 1. The van der Waals surface area contributed by atoms with E-state index in [1.165, 1.54) is 12.1 Å². The highest BCUT2D eigenvalue weighted by Gasteiger charge is 2.36. The molecule has 0 aliphatic carbocycles. The molecule has 2 bridgehead atoms. The Balaban J connectivity index is 1.77. The van der Waals surface area contributed by atoms with Gasteiger partial charge in [0.25, 0.3) is 0 Å². The summed E-state index contributed by atoms with van der Waals surface area (Å²) in [7, 11) is 0. The van der Waals surface area contributed by atoms with Gasteiger partial charge in [-0.15, -0.1) is 0 Å². The molecule has 2 aliphatic rings. The van der Waals surface area contributed by atoms with Crippen LogP contribution in [0.15, 0.2) is 18.2 Å². The highest BCUT2D eigenvalue weighted by molar-refractivity contribution is 6.00. The third kappa shape index (κ3) is 2.69. The number of para-hydroxylation sites is 1. The molecule has 112 valence electrons. The number of nitrogens with zero attached hydrogens (tertiary/aromatic N) is 1. The van der Waals surface area contributed by atoms with Crippen molar-refractivity contribution in [1.82, 2.24) is 4.90 Å². The Morgan fingerprint density at radius 3 is 2.57 bits per heavy atom. The van der Waals surface area contributed by atoms with Gasteiger partial charge in [0.05, 0.1) is 23.5 Å². The summed E-state index contributed by atoms with van der Waals surface area (Å²) >= 11 is 0. The highest BCUT2D eigenvalue weighted by atomic mass is 19.1. The van der Waals surface area contributed by atoms with E-state index < -0.39 is 17.8 Å². The molecule has 2 heterocycles. The molecule has 21 heavy (non-hydrogen) atoms. The quantitative estimate of drug-likeness (QED) is 0.873. The van der Waals surface area contributed by atoms with E-state index >= 15 is 0 Å². The minimum absolute atomic E-state index is 0.0223. The number of amides is 2. The second-order valence-electron chi connectivity index (χ2n) is 5.26. The molecule has 6 nitrogen and oxygen atoms in total. The summed E-state index contributed by atoms with van der Waals surface area (Å²) in [6.07, 6.45) is 1.87. The number of carbonyl (C=O) groups excluding carboxylic acids is 1. The molecule has 0 saturated carbocycles. The van der Waals surface area contributed by atoms with Crippen LogP contribution >= 0.6 is 0 Å². The second-order valence-corrected chi connectivity index (χ2v) is 5.26. The molecule has 2 fully saturated rings. The largest absolute Gasteiger partial charge is 0.478 e. The zero-order valence-corrected chi connectivity index (χ0v) is 11.2. The molecule has 1 aromatic rings. The number of carboxylic acids is 1. The van der Waals surface area contributed by atoms with Crippen molar-refractivity contribution in [2.45, 2.75) is 25.0 Å². The predicted octanol–water partition coefficient (Wildman–Crippen LogP) is 1.92. The van der Waals surface area contributed by atoms with Gasteiger partial charge in [0, 0.05) is 13.1 Å². The number of hydrogen-bond donors (Lipinski definition) is 2. The van der Waals surface area contributed by atoms with Gasteiger partial charge in [-0.3, -0.25) is 0 Å². The summed E-state index contributed by atoms with van der Waals surface area (Å²) < 4.78 is 19.4. The summed E-state index contributed by atoms with van der Waals surface area (Å²) in [5, 5.41) is 11.4. The smallest absolute Gasteiger partial charge is 0.337 e. The Labute approximate surface area is 120 Å². The Morgan fingerprint density at radius 2 is 1.95 bits per heavy atom. The molecular weight excluding hydrogens is 279 g/mol. The molecule has 0 aromatic heterocycles. The molecule has 2 amide bonds. The summed E-state index contributed by atoms with van der Waals surface area (Å²) in [5.41, 5.74) is -0.562. The molecule has 3 rings (SSSR count). The second kappa shape index (κ2) is 5.33. The number of urea groups is 1. The number of hydrogen-bond acceptors (Lipinski definition) is 3. The first-order valence-electron chi connectivity index (χ1n) is 6.78. The third-order valence-corrected chi connectivity index (χ3v) is 3.81. The first-order valence-corrected chi connectivity index (χ1v) is 6.78. The van der Waals surface area contributed by atoms with Crippen LogP contribution in [0.1, 0.15) is 23.2 Å². The summed E-state index contributed by atoms with van der Waals surface area (Å²) in [6, 6.07) is 3.17. The average molecular weight is 294 g/mol. The monoisotopic (exact) mass is 294 g/mol. The first kappa shape index (κ1) is 13.8. The van der Waals surface area contributed by atoms with Crippen molar-refractivity contribution in [3.63, 3.8) is 0 Å². The maximum Gasteiger partial charge on any atom is 0.337 e. The molecule has 7 heteroatoms.